The van der Waals surface area contributed by atoms with Gasteiger partial charge in [0.25, 0.3) is 11.8 Å². The second-order valence-corrected chi connectivity index (χ2v) is 8.45. The lowest BCUT2D eigenvalue weighted by Crippen LogP contribution is -2.19. The molecule has 0 aliphatic heterocycles. The minimum atomic E-state index is -3.61. The lowest BCUT2D eigenvalue weighted by atomic mass is 10.2. The average Bonchev–Trinajstić information content (AvgIpc) is 2.79. The van der Waals surface area contributed by atoms with E-state index < -0.39 is 27.7 Å². The molecule has 0 aliphatic rings. The van der Waals surface area contributed by atoms with Crippen LogP contribution in [0.3, 0.4) is 0 Å². The number of rotatable bonds is 7. The van der Waals surface area contributed by atoms with Crippen molar-refractivity contribution >= 4 is 33.2 Å². The molecule has 0 spiro atoms. The molecule has 166 valence electrons. The Morgan fingerprint density at radius 3 is 2.19 bits per heavy atom. The van der Waals surface area contributed by atoms with Gasteiger partial charge in [0.05, 0.1) is 17.7 Å². The summed E-state index contributed by atoms with van der Waals surface area (Å²) in [6.45, 7) is 0. The Kier molecular flexibility index (Phi) is 6.86. The van der Waals surface area contributed by atoms with Gasteiger partial charge in [0.2, 0.25) is 10.0 Å². The fourth-order valence-electron chi connectivity index (χ4n) is 2.81. The number of benzene rings is 3. The van der Waals surface area contributed by atoms with Crippen LogP contribution in [0.4, 0.5) is 15.8 Å². The van der Waals surface area contributed by atoms with Crippen LogP contribution in [0.25, 0.3) is 0 Å². The molecular weight excluding hydrogens is 437 g/mol. The molecule has 0 aromatic heterocycles. The van der Waals surface area contributed by atoms with Gasteiger partial charge in [0.1, 0.15) is 11.6 Å². The molecule has 0 heterocycles. The number of hydrogen-bond donors (Lipinski definition) is 3. The summed E-state index contributed by atoms with van der Waals surface area (Å²) < 4.78 is 44.4. The van der Waals surface area contributed by atoms with Crippen LogP contribution in [0.15, 0.2) is 71.6 Å². The predicted octanol–water partition coefficient (Wildman–Crippen LogP) is 3.25. The van der Waals surface area contributed by atoms with Gasteiger partial charge in [0, 0.05) is 16.8 Å². The van der Waals surface area contributed by atoms with Crippen molar-refractivity contribution in [3.8, 4) is 5.75 Å². The van der Waals surface area contributed by atoms with Crippen molar-refractivity contribution < 1.29 is 27.1 Å². The Bertz CT molecular complexity index is 1260. The number of sulfonamides is 1. The second kappa shape index (κ2) is 9.58. The van der Waals surface area contributed by atoms with Gasteiger partial charge >= 0.3 is 0 Å². The molecule has 0 aliphatic carbocycles. The first-order valence-corrected chi connectivity index (χ1v) is 10.8. The molecule has 0 saturated heterocycles. The number of anilines is 2. The smallest absolute Gasteiger partial charge is 0.255 e. The van der Waals surface area contributed by atoms with Crippen molar-refractivity contribution in [1.82, 2.24) is 4.72 Å². The Morgan fingerprint density at radius 1 is 0.875 bits per heavy atom. The first-order chi connectivity index (χ1) is 15.2. The summed E-state index contributed by atoms with van der Waals surface area (Å²) >= 11 is 0. The maximum Gasteiger partial charge on any atom is 0.255 e. The molecule has 3 rings (SSSR count). The average molecular weight is 457 g/mol. The maximum absolute atomic E-state index is 13.4. The summed E-state index contributed by atoms with van der Waals surface area (Å²) in [5, 5.41) is 5.31. The molecule has 3 aromatic rings. The normalized spacial score (nSPS) is 11.0. The van der Waals surface area contributed by atoms with Crippen molar-refractivity contribution in [2.75, 3.05) is 24.8 Å². The zero-order valence-corrected chi connectivity index (χ0v) is 18.0. The third-order valence-electron chi connectivity index (χ3n) is 4.49. The van der Waals surface area contributed by atoms with Crippen molar-refractivity contribution in [2.24, 2.45) is 0 Å². The van der Waals surface area contributed by atoms with Crippen LogP contribution in [0.5, 0.6) is 5.75 Å². The van der Waals surface area contributed by atoms with E-state index in [1.165, 1.54) is 62.7 Å². The first kappa shape index (κ1) is 22.9. The standard InChI is InChI=1S/C22H20FN3O5S/c1-24-32(29,30)18-9-6-14(7-10-18)21(27)25-17-8-11-20(31-2)19(13-17)26-22(28)15-4-3-5-16(23)12-15/h3-13,24H,1-2H3,(H,25,27)(H,26,28). The molecular formula is C22H20FN3O5S. The van der Waals surface area contributed by atoms with Crippen LogP contribution < -0.4 is 20.1 Å². The highest BCUT2D eigenvalue weighted by atomic mass is 32.2. The number of nitrogens with one attached hydrogen (secondary N) is 3. The molecule has 0 bridgehead atoms. The molecule has 0 saturated carbocycles. The van der Waals surface area contributed by atoms with Crippen LogP contribution in [0.1, 0.15) is 20.7 Å². The summed E-state index contributed by atoms with van der Waals surface area (Å²) in [6.07, 6.45) is 0. The Balaban J connectivity index is 1.79. The Morgan fingerprint density at radius 2 is 1.56 bits per heavy atom. The maximum atomic E-state index is 13.4. The lowest BCUT2D eigenvalue weighted by molar-refractivity contribution is 0.101. The minimum Gasteiger partial charge on any atom is -0.495 e. The van der Waals surface area contributed by atoms with Gasteiger partial charge in [-0.25, -0.2) is 17.5 Å². The number of halogens is 1. The van der Waals surface area contributed by atoms with Crippen LogP contribution in [-0.2, 0) is 10.0 Å². The molecule has 3 N–H and O–H groups in total. The molecule has 0 fully saturated rings. The van der Waals surface area contributed by atoms with E-state index in [-0.39, 0.29) is 21.7 Å². The third kappa shape index (κ3) is 5.29. The topological polar surface area (TPSA) is 114 Å². The number of methoxy groups -OCH3 is 1. The van der Waals surface area contributed by atoms with Gasteiger partial charge in [-0.2, -0.15) is 0 Å². The monoisotopic (exact) mass is 457 g/mol. The zero-order valence-electron chi connectivity index (χ0n) is 17.2. The van der Waals surface area contributed by atoms with Crippen LogP contribution >= 0.6 is 0 Å². The van der Waals surface area contributed by atoms with Crippen molar-refractivity contribution in [3.63, 3.8) is 0 Å². The summed E-state index contributed by atoms with van der Waals surface area (Å²) in [4.78, 5) is 25.0. The van der Waals surface area contributed by atoms with Crippen LogP contribution in [0, 0.1) is 5.82 Å². The van der Waals surface area contributed by atoms with E-state index in [1.807, 2.05) is 0 Å². The van der Waals surface area contributed by atoms with Gasteiger partial charge in [0.15, 0.2) is 0 Å². The van der Waals surface area contributed by atoms with Gasteiger partial charge < -0.3 is 15.4 Å². The van der Waals surface area contributed by atoms with E-state index in [0.29, 0.717) is 11.4 Å². The summed E-state index contributed by atoms with van der Waals surface area (Å²) in [5.41, 5.74) is 0.992. The highest BCUT2D eigenvalue weighted by molar-refractivity contribution is 7.89. The molecule has 32 heavy (non-hydrogen) atoms. The number of carbonyl (C=O) groups excluding carboxylic acids is 2. The largest absolute Gasteiger partial charge is 0.495 e. The molecule has 2 amide bonds. The van der Waals surface area contributed by atoms with Crippen LogP contribution in [-0.4, -0.2) is 34.4 Å². The number of amides is 2. The Labute approximate surface area is 184 Å². The third-order valence-corrected chi connectivity index (χ3v) is 5.92. The highest BCUT2D eigenvalue weighted by Crippen LogP contribution is 2.28. The number of ether oxygens (including phenoxy) is 1. The molecule has 8 nitrogen and oxygen atoms in total. The van der Waals surface area contributed by atoms with E-state index >= 15 is 0 Å². The first-order valence-electron chi connectivity index (χ1n) is 9.33. The van der Waals surface area contributed by atoms with Gasteiger partial charge in [-0.15, -0.1) is 0 Å². The van der Waals surface area contributed by atoms with E-state index in [1.54, 1.807) is 12.1 Å². The SMILES string of the molecule is CNS(=O)(=O)c1ccc(C(=O)Nc2ccc(OC)c(NC(=O)c3cccc(F)c3)c2)cc1. The molecule has 0 radical (unpaired) electrons. The van der Waals surface area contributed by atoms with Gasteiger partial charge in [-0.3, -0.25) is 9.59 Å². The van der Waals surface area contributed by atoms with Gasteiger partial charge in [-0.05, 0) is 67.7 Å². The van der Waals surface area contributed by atoms with Crippen molar-refractivity contribution in [2.45, 2.75) is 4.90 Å². The zero-order chi connectivity index (χ0) is 23.3. The fraction of sp³-hybridized carbons (Fsp3) is 0.0909. The van der Waals surface area contributed by atoms with E-state index in [9.17, 15) is 22.4 Å². The quantitative estimate of drug-likeness (QED) is 0.504. The summed E-state index contributed by atoms with van der Waals surface area (Å²) in [6, 6.07) is 15.3. The minimum absolute atomic E-state index is 0.0309. The summed E-state index contributed by atoms with van der Waals surface area (Å²) in [5.74, 6) is -1.23. The van der Waals surface area contributed by atoms with E-state index in [4.69, 9.17) is 4.74 Å². The van der Waals surface area contributed by atoms with Crippen molar-refractivity contribution in [1.29, 1.82) is 0 Å². The van der Waals surface area contributed by atoms with E-state index in [0.717, 1.165) is 6.07 Å². The molecule has 0 atom stereocenters. The second-order valence-electron chi connectivity index (χ2n) is 6.57. The fourth-order valence-corrected chi connectivity index (χ4v) is 3.54. The lowest BCUT2D eigenvalue weighted by Gasteiger charge is -2.13. The molecule has 0 unspecified atom stereocenters. The van der Waals surface area contributed by atoms with Crippen molar-refractivity contribution in [3.05, 3.63) is 83.7 Å². The number of hydrogen-bond acceptors (Lipinski definition) is 5. The van der Waals surface area contributed by atoms with Gasteiger partial charge in [-0.1, -0.05) is 6.07 Å². The predicted molar refractivity (Wildman–Crippen MR) is 118 cm³/mol. The van der Waals surface area contributed by atoms with E-state index in [2.05, 4.69) is 15.4 Å². The molecule has 10 heteroatoms. The Hall–Kier alpha value is -3.76. The highest BCUT2D eigenvalue weighted by Gasteiger charge is 2.15. The van der Waals surface area contributed by atoms with Crippen LogP contribution in [0.2, 0.25) is 0 Å². The number of carbonyl (C=O) groups is 2. The summed E-state index contributed by atoms with van der Waals surface area (Å²) in [7, 11) is -0.891. The molecule has 3 aromatic carbocycles.